The molecule has 0 saturated heterocycles. The molecule has 11 aromatic rings. The summed E-state index contributed by atoms with van der Waals surface area (Å²) in [5, 5.41) is 4.69. The Kier molecular flexibility index (Phi) is 7.68. The van der Waals surface area contributed by atoms with E-state index < -0.39 is 0 Å². The average Bonchev–Trinajstić information content (AvgIpc) is 3.85. The molecule has 0 aliphatic carbocycles. The van der Waals surface area contributed by atoms with Crippen LogP contribution < -0.4 is 0 Å². The zero-order valence-electron chi connectivity index (χ0n) is 30.2. The quantitative estimate of drug-likeness (QED) is 0.171. The molecule has 262 valence electrons. The zero-order valence-corrected chi connectivity index (χ0v) is 31.0. The molecule has 3 nitrogen and oxygen atoms in total. The van der Waals surface area contributed by atoms with Gasteiger partial charge in [-0.25, -0.2) is 9.97 Å². The van der Waals surface area contributed by atoms with Crippen LogP contribution in [-0.2, 0) is 0 Å². The Morgan fingerprint density at radius 3 is 1.62 bits per heavy atom. The summed E-state index contributed by atoms with van der Waals surface area (Å²) in [6.45, 7) is 0. The van der Waals surface area contributed by atoms with Crippen LogP contribution in [0.5, 0.6) is 0 Å². The van der Waals surface area contributed by atoms with Crippen LogP contribution in [0.1, 0.15) is 0 Å². The summed E-state index contributed by atoms with van der Waals surface area (Å²) >= 11 is 1.83. The Hall–Kier alpha value is -7.14. The van der Waals surface area contributed by atoms with E-state index in [2.05, 4.69) is 176 Å². The van der Waals surface area contributed by atoms with Crippen molar-refractivity contribution in [2.75, 3.05) is 0 Å². The van der Waals surface area contributed by atoms with Crippen LogP contribution in [0.15, 0.2) is 199 Å². The minimum absolute atomic E-state index is 0.674. The lowest BCUT2D eigenvalue weighted by molar-refractivity contribution is 0.670. The second-order valence-electron chi connectivity index (χ2n) is 14.1. The van der Waals surface area contributed by atoms with Gasteiger partial charge in [0.05, 0.1) is 11.4 Å². The van der Waals surface area contributed by atoms with Gasteiger partial charge in [-0.2, -0.15) is 0 Å². The smallest absolute Gasteiger partial charge is 0.160 e. The summed E-state index contributed by atoms with van der Waals surface area (Å²) in [5.74, 6) is 0.674. The Bertz CT molecular complexity index is 3220. The Labute approximate surface area is 327 Å². The van der Waals surface area contributed by atoms with Crippen molar-refractivity contribution in [1.82, 2.24) is 9.97 Å². The number of para-hydroxylation sites is 1. The van der Waals surface area contributed by atoms with Crippen molar-refractivity contribution in [3.8, 4) is 67.3 Å². The van der Waals surface area contributed by atoms with Gasteiger partial charge in [0, 0.05) is 53.2 Å². The normalized spacial score (nSPS) is 11.6. The Morgan fingerprint density at radius 1 is 0.357 bits per heavy atom. The standard InChI is InChI=1S/C52H32N2OS/c1-3-11-33(12-4-1)34-19-21-35(22-20-34)36-23-25-38(26-24-36)52-53-45(37-13-5-2-6-14-37)32-46(54-52)43-30-29-40(51-50(43)44-16-7-9-17-47(44)55-51)39-27-28-42-41-15-8-10-18-48(41)56-49(42)31-39/h1-32H. The van der Waals surface area contributed by atoms with Gasteiger partial charge >= 0.3 is 0 Å². The fraction of sp³-hybridized carbons (Fsp3) is 0. The fourth-order valence-corrected chi connectivity index (χ4v) is 9.08. The molecule has 3 heterocycles. The first kappa shape index (κ1) is 32.3. The third-order valence-corrected chi connectivity index (χ3v) is 11.9. The molecule has 0 spiro atoms. The molecule has 0 unspecified atom stereocenters. The molecule has 0 amide bonds. The third kappa shape index (κ3) is 5.58. The zero-order chi connectivity index (χ0) is 37.0. The Morgan fingerprint density at radius 2 is 0.893 bits per heavy atom. The number of aromatic nitrogens is 2. The number of furan rings is 1. The van der Waals surface area contributed by atoms with Crippen molar-refractivity contribution < 1.29 is 4.42 Å². The molecule has 0 aliphatic heterocycles. The highest BCUT2D eigenvalue weighted by molar-refractivity contribution is 7.25. The molecule has 0 aliphatic rings. The number of rotatable bonds is 6. The van der Waals surface area contributed by atoms with E-state index in [4.69, 9.17) is 14.4 Å². The van der Waals surface area contributed by atoms with Crippen molar-refractivity contribution in [2.24, 2.45) is 0 Å². The fourth-order valence-electron chi connectivity index (χ4n) is 7.93. The topological polar surface area (TPSA) is 38.9 Å². The van der Waals surface area contributed by atoms with Crippen LogP contribution in [0.2, 0.25) is 0 Å². The monoisotopic (exact) mass is 732 g/mol. The molecule has 0 saturated carbocycles. The van der Waals surface area contributed by atoms with Crippen molar-refractivity contribution in [1.29, 1.82) is 0 Å². The third-order valence-electron chi connectivity index (χ3n) is 10.8. The number of hydrogen-bond acceptors (Lipinski definition) is 4. The minimum Gasteiger partial charge on any atom is -0.455 e. The number of hydrogen-bond donors (Lipinski definition) is 0. The molecule has 56 heavy (non-hydrogen) atoms. The van der Waals surface area contributed by atoms with Gasteiger partial charge in [-0.05, 0) is 58.1 Å². The van der Waals surface area contributed by atoms with Gasteiger partial charge in [0.1, 0.15) is 11.2 Å². The summed E-state index contributed by atoms with van der Waals surface area (Å²) in [4.78, 5) is 10.5. The highest BCUT2D eigenvalue weighted by Crippen LogP contribution is 2.44. The highest BCUT2D eigenvalue weighted by atomic mass is 32.1. The van der Waals surface area contributed by atoms with E-state index in [1.165, 1.54) is 31.3 Å². The summed E-state index contributed by atoms with van der Waals surface area (Å²) < 4.78 is 9.31. The van der Waals surface area contributed by atoms with E-state index in [-0.39, 0.29) is 0 Å². The highest BCUT2D eigenvalue weighted by Gasteiger charge is 2.20. The van der Waals surface area contributed by atoms with Crippen LogP contribution in [0.3, 0.4) is 0 Å². The molecule has 11 rings (SSSR count). The van der Waals surface area contributed by atoms with Gasteiger partial charge < -0.3 is 4.42 Å². The van der Waals surface area contributed by atoms with E-state index in [1.54, 1.807) is 0 Å². The van der Waals surface area contributed by atoms with Crippen LogP contribution in [0.25, 0.3) is 109 Å². The molecule has 4 heteroatoms. The van der Waals surface area contributed by atoms with Crippen LogP contribution in [0, 0.1) is 0 Å². The summed E-state index contributed by atoms with van der Waals surface area (Å²) in [5.41, 5.74) is 13.3. The van der Waals surface area contributed by atoms with Crippen LogP contribution in [0.4, 0.5) is 0 Å². The first-order valence-electron chi connectivity index (χ1n) is 18.8. The largest absolute Gasteiger partial charge is 0.455 e. The second kappa shape index (κ2) is 13.3. The Balaban J connectivity index is 1.04. The van der Waals surface area contributed by atoms with Gasteiger partial charge in [-0.1, -0.05) is 164 Å². The molecule has 0 N–H and O–H groups in total. The lowest BCUT2D eigenvalue weighted by Gasteiger charge is -2.12. The lowest BCUT2D eigenvalue weighted by Crippen LogP contribution is -1.96. The molecule has 0 atom stereocenters. The average molecular weight is 733 g/mol. The summed E-state index contributed by atoms with van der Waals surface area (Å²) in [7, 11) is 0. The maximum Gasteiger partial charge on any atom is 0.160 e. The van der Waals surface area contributed by atoms with Gasteiger partial charge in [0.25, 0.3) is 0 Å². The lowest BCUT2D eigenvalue weighted by atomic mass is 9.95. The van der Waals surface area contributed by atoms with Crippen molar-refractivity contribution in [3.05, 3.63) is 194 Å². The van der Waals surface area contributed by atoms with E-state index in [1.807, 2.05) is 29.5 Å². The number of benzene rings is 8. The molecule has 0 radical (unpaired) electrons. The first-order chi connectivity index (χ1) is 27.7. The molecule has 0 fully saturated rings. The van der Waals surface area contributed by atoms with Crippen molar-refractivity contribution in [3.63, 3.8) is 0 Å². The number of fused-ring (bicyclic) bond motifs is 6. The first-order valence-corrected chi connectivity index (χ1v) is 19.6. The minimum atomic E-state index is 0.674. The van der Waals surface area contributed by atoms with Gasteiger partial charge in [0.2, 0.25) is 0 Å². The maximum atomic E-state index is 6.75. The van der Waals surface area contributed by atoms with Gasteiger partial charge in [-0.15, -0.1) is 11.3 Å². The summed E-state index contributed by atoms with van der Waals surface area (Å²) in [6.07, 6.45) is 0. The predicted octanol–water partition coefficient (Wildman–Crippen LogP) is 14.7. The number of nitrogens with zero attached hydrogens (tertiary/aromatic N) is 2. The van der Waals surface area contributed by atoms with Gasteiger partial charge in [0.15, 0.2) is 5.82 Å². The van der Waals surface area contributed by atoms with E-state index in [0.717, 1.165) is 72.3 Å². The van der Waals surface area contributed by atoms with Gasteiger partial charge in [-0.3, -0.25) is 0 Å². The van der Waals surface area contributed by atoms with E-state index >= 15 is 0 Å². The van der Waals surface area contributed by atoms with Crippen LogP contribution in [-0.4, -0.2) is 9.97 Å². The summed E-state index contributed by atoms with van der Waals surface area (Å²) in [6, 6.07) is 68.4. The molecule has 0 bridgehead atoms. The second-order valence-corrected chi connectivity index (χ2v) is 15.2. The number of thiophene rings is 1. The maximum absolute atomic E-state index is 6.75. The molecule has 8 aromatic carbocycles. The predicted molar refractivity (Wildman–Crippen MR) is 235 cm³/mol. The van der Waals surface area contributed by atoms with Crippen molar-refractivity contribution in [2.45, 2.75) is 0 Å². The molecule has 3 aromatic heterocycles. The molecular formula is C52H32N2OS. The molecular weight excluding hydrogens is 701 g/mol. The van der Waals surface area contributed by atoms with Crippen molar-refractivity contribution >= 4 is 53.4 Å². The van der Waals surface area contributed by atoms with E-state index in [0.29, 0.717) is 5.82 Å². The SMILES string of the molecule is c1ccc(-c2ccc(-c3ccc(-c4nc(-c5ccccc5)cc(-c5ccc(-c6ccc7c(c6)sc6ccccc67)c6oc7ccccc7c56)n4)cc3)cc2)cc1. The van der Waals surface area contributed by atoms with Crippen LogP contribution >= 0.6 is 11.3 Å². The van der Waals surface area contributed by atoms with E-state index in [9.17, 15) is 0 Å².